The fourth-order valence-corrected chi connectivity index (χ4v) is 5.01. The van der Waals surface area contributed by atoms with Crippen LogP contribution in [0.1, 0.15) is 31.4 Å². The molecule has 0 atom stereocenters. The van der Waals surface area contributed by atoms with Crippen LogP contribution in [0, 0.1) is 5.82 Å². The molecule has 1 aromatic carbocycles. The first-order chi connectivity index (χ1) is 15.7. The Balaban J connectivity index is 1.70. The third kappa shape index (κ3) is 3.71. The summed E-state index contributed by atoms with van der Waals surface area (Å²) in [6.07, 6.45) is 5.29. The van der Waals surface area contributed by atoms with Crippen LogP contribution in [0.2, 0.25) is 0 Å². The van der Waals surface area contributed by atoms with Crippen LogP contribution in [0.4, 0.5) is 14.9 Å². The lowest BCUT2D eigenvalue weighted by Gasteiger charge is -2.25. The van der Waals surface area contributed by atoms with Crippen molar-refractivity contribution in [3.63, 3.8) is 0 Å². The molecule has 1 aliphatic carbocycles. The van der Waals surface area contributed by atoms with E-state index in [0.717, 1.165) is 24.0 Å². The van der Waals surface area contributed by atoms with Crippen molar-refractivity contribution in [3.05, 3.63) is 53.6 Å². The highest BCUT2D eigenvalue weighted by Gasteiger charge is 2.30. The maximum absolute atomic E-state index is 15.5. The minimum atomic E-state index is -4.24. The van der Waals surface area contributed by atoms with E-state index in [0.29, 0.717) is 17.7 Å². The average molecular weight is 472 g/mol. The number of hydrogen-bond acceptors (Lipinski definition) is 6. The summed E-state index contributed by atoms with van der Waals surface area (Å²) in [6.45, 7) is 3.49. The first-order valence-corrected chi connectivity index (χ1v) is 12.0. The number of halogens is 1. The van der Waals surface area contributed by atoms with Gasteiger partial charge in [-0.05, 0) is 56.4 Å². The van der Waals surface area contributed by atoms with Crippen molar-refractivity contribution >= 4 is 21.7 Å². The number of nitrogens with one attached hydrogen (secondary N) is 2. The van der Waals surface area contributed by atoms with Gasteiger partial charge < -0.3 is 10.1 Å². The Morgan fingerprint density at radius 3 is 2.79 bits per heavy atom. The number of carbonyl (C=O) groups is 1. The Kier molecular flexibility index (Phi) is 4.89. The Morgan fingerprint density at radius 2 is 1.97 bits per heavy atom. The van der Waals surface area contributed by atoms with Gasteiger partial charge in [0.25, 0.3) is 15.9 Å². The molecule has 0 fully saturated rings. The molecule has 3 heterocycles. The van der Waals surface area contributed by atoms with Gasteiger partial charge in [-0.1, -0.05) is 12.1 Å². The van der Waals surface area contributed by atoms with E-state index in [1.54, 1.807) is 19.9 Å². The molecule has 33 heavy (non-hydrogen) atoms. The van der Waals surface area contributed by atoms with E-state index in [4.69, 9.17) is 4.74 Å². The molecular weight excluding hydrogens is 449 g/mol. The number of aryl methyl sites for hydroxylation is 1. The number of carbonyl (C=O) groups excluding carboxylic acids is 1. The fourth-order valence-electron chi connectivity index (χ4n) is 4.18. The number of rotatable bonds is 0. The number of fused-ring (bicyclic) bond motifs is 8. The monoisotopic (exact) mass is 471 g/mol. The molecule has 3 aromatic rings. The van der Waals surface area contributed by atoms with Gasteiger partial charge in [-0.3, -0.25) is 4.68 Å². The molecule has 1 aliphatic heterocycles. The van der Waals surface area contributed by atoms with Crippen LogP contribution in [-0.4, -0.2) is 35.8 Å². The van der Waals surface area contributed by atoms with Crippen molar-refractivity contribution in [2.45, 2.75) is 43.7 Å². The maximum atomic E-state index is 15.5. The lowest BCUT2D eigenvalue weighted by molar-refractivity contribution is 0.159. The number of pyridine rings is 1. The molecule has 2 amide bonds. The van der Waals surface area contributed by atoms with Gasteiger partial charge in [-0.25, -0.2) is 18.9 Å². The van der Waals surface area contributed by atoms with Gasteiger partial charge in [0.15, 0.2) is 10.8 Å². The number of nitrogens with zero attached hydrogens (tertiary/aromatic N) is 3. The summed E-state index contributed by atoms with van der Waals surface area (Å²) < 4.78 is 50.2. The zero-order valence-corrected chi connectivity index (χ0v) is 18.9. The summed E-state index contributed by atoms with van der Waals surface area (Å²) in [6, 6.07) is 5.46. The highest BCUT2D eigenvalue weighted by Crippen LogP contribution is 2.39. The SMILES string of the molecule is CC1(C)COc2nccc(c2F)-c2ccc3c(c2NC(=O)NS(=O)(=O)c2ccn1n2)CCC3. The van der Waals surface area contributed by atoms with Gasteiger partial charge in [0.05, 0.1) is 11.2 Å². The third-order valence-corrected chi connectivity index (χ3v) is 7.14. The molecule has 0 saturated carbocycles. The molecule has 0 unspecified atom stereocenters. The number of anilines is 1. The number of urea groups is 1. The zero-order chi connectivity index (χ0) is 23.4. The van der Waals surface area contributed by atoms with Crippen LogP contribution in [0.3, 0.4) is 0 Å². The molecule has 4 bridgehead atoms. The van der Waals surface area contributed by atoms with E-state index in [1.807, 2.05) is 10.8 Å². The van der Waals surface area contributed by atoms with Crippen LogP contribution in [0.25, 0.3) is 11.1 Å². The Hall–Kier alpha value is -3.47. The summed E-state index contributed by atoms with van der Waals surface area (Å²) in [5.74, 6) is -0.857. The second kappa shape index (κ2) is 7.55. The van der Waals surface area contributed by atoms with Crippen LogP contribution >= 0.6 is 0 Å². The summed E-state index contributed by atoms with van der Waals surface area (Å²) in [7, 11) is -4.24. The van der Waals surface area contributed by atoms with Crippen LogP contribution in [0.15, 0.2) is 41.7 Å². The molecule has 9 nitrogen and oxygen atoms in total. The summed E-state index contributed by atoms with van der Waals surface area (Å²) in [4.78, 5) is 16.8. The van der Waals surface area contributed by atoms with Gasteiger partial charge in [-0.15, -0.1) is 0 Å². The van der Waals surface area contributed by atoms with Crippen LogP contribution in [0.5, 0.6) is 5.88 Å². The molecular formula is C22H22FN5O4S. The molecule has 11 heteroatoms. The standard InChI is InChI=1S/C22H22FN5O4S/c1-22(2)12-32-20-18(23)15(8-10-24-20)16-7-6-13-4-3-5-14(13)19(16)25-21(29)27-33(30,31)17-9-11-28(22)26-17/h6-11H,3-5,12H2,1-2H3,(H2,25,27,29). The van der Waals surface area contributed by atoms with E-state index in [9.17, 15) is 13.2 Å². The second-order valence-electron chi connectivity index (χ2n) is 8.72. The van der Waals surface area contributed by atoms with E-state index in [2.05, 4.69) is 15.4 Å². The van der Waals surface area contributed by atoms with E-state index < -0.39 is 27.4 Å². The highest BCUT2D eigenvalue weighted by atomic mass is 32.2. The predicted octanol–water partition coefficient (Wildman–Crippen LogP) is 3.21. The molecule has 172 valence electrons. The number of benzene rings is 1. The predicted molar refractivity (Wildman–Crippen MR) is 118 cm³/mol. The quantitative estimate of drug-likeness (QED) is 0.520. The molecule has 5 rings (SSSR count). The van der Waals surface area contributed by atoms with Crippen molar-refractivity contribution in [3.8, 4) is 17.0 Å². The number of ether oxygens (including phenoxy) is 1. The normalized spacial score (nSPS) is 18.6. The number of aromatic nitrogens is 3. The summed E-state index contributed by atoms with van der Waals surface area (Å²) >= 11 is 0. The first kappa shape index (κ1) is 21.4. The fraction of sp³-hybridized carbons (Fsp3) is 0.318. The van der Waals surface area contributed by atoms with Gasteiger partial charge in [0.1, 0.15) is 6.61 Å². The van der Waals surface area contributed by atoms with Crippen molar-refractivity contribution < 1.29 is 22.3 Å². The first-order valence-electron chi connectivity index (χ1n) is 10.5. The number of amides is 2. The Bertz CT molecular complexity index is 1380. The summed E-state index contributed by atoms with van der Waals surface area (Å²) in [5.41, 5.74) is 2.04. The Morgan fingerprint density at radius 1 is 1.15 bits per heavy atom. The van der Waals surface area contributed by atoms with Crippen molar-refractivity contribution in [2.24, 2.45) is 0 Å². The van der Waals surface area contributed by atoms with Crippen molar-refractivity contribution in [2.75, 3.05) is 11.9 Å². The molecule has 0 spiro atoms. The molecule has 2 aromatic heterocycles. The zero-order valence-electron chi connectivity index (χ0n) is 18.1. The van der Waals surface area contributed by atoms with E-state index >= 15 is 4.39 Å². The second-order valence-corrected chi connectivity index (χ2v) is 10.3. The minimum absolute atomic E-state index is 0.0246. The smallest absolute Gasteiger partial charge is 0.333 e. The van der Waals surface area contributed by atoms with Crippen molar-refractivity contribution in [1.82, 2.24) is 19.5 Å². The molecule has 0 saturated heterocycles. The van der Waals surface area contributed by atoms with Gasteiger partial charge in [0.2, 0.25) is 0 Å². The minimum Gasteiger partial charge on any atom is -0.473 e. The maximum Gasteiger partial charge on any atom is 0.333 e. The molecule has 2 aliphatic rings. The average Bonchev–Trinajstić information content (AvgIpc) is 3.43. The molecule has 2 N–H and O–H groups in total. The number of sulfonamides is 1. The molecule has 0 radical (unpaired) electrons. The van der Waals surface area contributed by atoms with Gasteiger partial charge in [-0.2, -0.15) is 13.5 Å². The Labute approximate surface area is 190 Å². The van der Waals surface area contributed by atoms with Crippen LogP contribution in [-0.2, 0) is 28.4 Å². The summed E-state index contributed by atoms with van der Waals surface area (Å²) in [5, 5.41) is 6.44. The largest absolute Gasteiger partial charge is 0.473 e. The van der Waals surface area contributed by atoms with Crippen LogP contribution < -0.4 is 14.8 Å². The highest BCUT2D eigenvalue weighted by molar-refractivity contribution is 7.90. The topological polar surface area (TPSA) is 115 Å². The lowest BCUT2D eigenvalue weighted by Crippen LogP contribution is -2.36. The van der Waals surface area contributed by atoms with Crippen molar-refractivity contribution in [1.29, 1.82) is 0 Å². The third-order valence-electron chi connectivity index (χ3n) is 5.92. The lowest BCUT2D eigenvalue weighted by atomic mass is 9.97. The van der Waals surface area contributed by atoms with Gasteiger partial charge >= 0.3 is 6.03 Å². The van der Waals surface area contributed by atoms with Gasteiger partial charge in [0, 0.05) is 23.5 Å². The number of hydrogen-bond donors (Lipinski definition) is 2. The van der Waals surface area contributed by atoms with E-state index in [-0.39, 0.29) is 23.1 Å². The van der Waals surface area contributed by atoms with E-state index in [1.165, 1.54) is 29.2 Å².